The van der Waals surface area contributed by atoms with Crippen molar-refractivity contribution >= 4 is 34.5 Å². The van der Waals surface area contributed by atoms with Crippen molar-refractivity contribution in [2.45, 2.75) is 6.54 Å². The number of aromatic nitrogens is 1. The predicted molar refractivity (Wildman–Crippen MR) is 69.1 cm³/mol. The van der Waals surface area contributed by atoms with Gasteiger partial charge in [-0.05, 0) is 18.2 Å². The summed E-state index contributed by atoms with van der Waals surface area (Å²) in [6.07, 6.45) is 0. The standard InChI is InChI=1S/C11H10ClN3OS/c12-7-1-2-9(10(13)3-7)11(16)14-4-8-5-17-6-15-8/h1-3,5-6H,4,13H2,(H,14,16). The van der Waals surface area contributed by atoms with E-state index in [0.717, 1.165) is 5.69 Å². The molecule has 0 aliphatic heterocycles. The van der Waals surface area contributed by atoms with E-state index in [1.807, 2.05) is 5.38 Å². The molecule has 0 saturated carbocycles. The van der Waals surface area contributed by atoms with Gasteiger partial charge in [-0.15, -0.1) is 11.3 Å². The Kier molecular flexibility index (Phi) is 3.61. The Morgan fingerprint density at radius 2 is 2.35 bits per heavy atom. The Balaban J connectivity index is 2.04. The van der Waals surface area contributed by atoms with Gasteiger partial charge in [-0.1, -0.05) is 11.6 Å². The summed E-state index contributed by atoms with van der Waals surface area (Å²) in [4.78, 5) is 15.9. The molecule has 6 heteroatoms. The normalized spacial score (nSPS) is 10.2. The first-order chi connectivity index (χ1) is 8.16. The van der Waals surface area contributed by atoms with Crippen molar-refractivity contribution < 1.29 is 4.79 Å². The molecule has 1 aromatic heterocycles. The minimum Gasteiger partial charge on any atom is -0.398 e. The van der Waals surface area contributed by atoms with E-state index < -0.39 is 0 Å². The summed E-state index contributed by atoms with van der Waals surface area (Å²) in [7, 11) is 0. The minimum atomic E-state index is -0.229. The van der Waals surface area contributed by atoms with Crippen LogP contribution in [0, 0.1) is 0 Å². The Labute approximate surface area is 107 Å². The molecular weight excluding hydrogens is 258 g/mol. The lowest BCUT2D eigenvalue weighted by Crippen LogP contribution is -2.23. The topological polar surface area (TPSA) is 68.0 Å². The van der Waals surface area contributed by atoms with E-state index >= 15 is 0 Å². The van der Waals surface area contributed by atoms with Gasteiger partial charge in [-0.2, -0.15) is 0 Å². The predicted octanol–water partition coefficient (Wildman–Crippen LogP) is 2.31. The fourth-order valence-electron chi connectivity index (χ4n) is 1.33. The molecule has 0 bridgehead atoms. The number of nitrogens with zero attached hydrogens (tertiary/aromatic N) is 1. The first-order valence-electron chi connectivity index (χ1n) is 4.87. The van der Waals surface area contributed by atoms with Crippen LogP contribution in [0.2, 0.25) is 5.02 Å². The fourth-order valence-corrected chi connectivity index (χ4v) is 2.07. The van der Waals surface area contributed by atoms with E-state index in [1.54, 1.807) is 23.7 Å². The number of thiazole rings is 1. The molecule has 4 nitrogen and oxygen atoms in total. The number of benzene rings is 1. The molecule has 0 fully saturated rings. The summed E-state index contributed by atoms with van der Waals surface area (Å²) in [5, 5.41) is 5.14. The van der Waals surface area contributed by atoms with Gasteiger partial charge in [-0.3, -0.25) is 4.79 Å². The lowest BCUT2D eigenvalue weighted by Gasteiger charge is -2.06. The van der Waals surface area contributed by atoms with Crippen LogP contribution in [0.1, 0.15) is 16.1 Å². The molecular formula is C11H10ClN3OS. The number of halogens is 1. The molecule has 0 saturated heterocycles. The SMILES string of the molecule is Nc1cc(Cl)ccc1C(=O)NCc1cscn1. The summed E-state index contributed by atoms with van der Waals surface area (Å²) in [6, 6.07) is 4.79. The van der Waals surface area contributed by atoms with Crippen molar-refractivity contribution in [2.24, 2.45) is 0 Å². The number of nitrogen functional groups attached to an aromatic ring is 1. The highest BCUT2D eigenvalue weighted by molar-refractivity contribution is 7.07. The lowest BCUT2D eigenvalue weighted by atomic mass is 10.1. The van der Waals surface area contributed by atoms with Gasteiger partial charge in [0.2, 0.25) is 0 Å². The van der Waals surface area contributed by atoms with Gasteiger partial charge in [0.25, 0.3) is 5.91 Å². The molecule has 1 amide bonds. The van der Waals surface area contributed by atoms with Gasteiger partial charge < -0.3 is 11.1 Å². The average Bonchev–Trinajstić information content (AvgIpc) is 2.78. The van der Waals surface area contributed by atoms with Gasteiger partial charge in [-0.25, -0.2) is 4.98 Å². The van der Waals surface area contributed by atoms with Crippen LogP contribution < -0.4 is 11.1 Å². The second-order valence-electron chi connectivity index (χ2n) is 3.39. The molecule has 0 spiro atoms. The Morgan fingerprint density at radius 1 is 1.53 bits per heavy atom. The van der Waals surface area contributed by atoms with Gasteiger partial charge in [0.15, 0.2) is 0 Å². The van der Waals surface area contributed by atoms with Crippen LogP contribution >= 0.6 is 22.9 Å². The molecule has 0 unspecified atom stereocenters. The highest BCUT2D eigenvalue weighted by Crippen LogP contribution is 2.17. The third-order valence-electron chi connectivity index (χ3n) is 2.17. The Bertz CT molecular complexity index is 528. The van der Waals surface area contributed by atoms with E-state index in [-0.39, 0.29) is 5.91 Å². The first kappa shape index (κ1) is 11.9. The first-order valence-corrected chi connectivity index (χ1v) is 6.19. The van der Waals surface area contributed by atoms with E-state index in [2.05, 4.69) is 10.3 Å². The maximum atomic E-state index is 11.8. The number of hydrogen-bond acceptors (Lipinski definition) is 4. The monoisotopic (exact) mass is 267 g/mol. The molecule has 1 heterocycles. The summed E-state index contributed by atoms with van der Waals surface area (Å²) >= 11 is 7.25. The van der Waals surface area contributed by atoms with Crippen LogP contribution in [0.15, 0.2) is 29.1 Å². The molecule has 0 atom stereocenters. The number of nitrogens with one attached hydrogen (secondary N) is 1. The maximum Gasteiger partial charge on any atom is 0.253 e. The van der Waals surface area contributed by atoms with Crippen molar-refractivity contribution in [1.29, 1.82) is 0 Å². The number of rotatable bonds is 3. The number of carbonyl (C=O) groups excluding carboxylic acids is 1. The number of carbonyl (C=O) groups is 1. The third kappa shape index (κ3) is 2.95. The fraction of sp³-hybridized carbons (Fsp3) is 0.0909. The number of anilines is 1. The third-order valence-corrected chi connectivity index (χ3v) is 3.04. The number of amides is 1. The van der Waals surface area contributed by atoms with Crippen LogP contribution in [0.3, 0.4) is 0 Å². The molecule has 88 valence electrons. The van der Waals surface area contributed by atoms with Crippen LogP contribution in [-0.4, -0.2) is 10.9 Å². The highest BCUT2D eigenvalue weighted by Gasteiger charge is 2.09. The average molecular weight is 268 g/mol. The van der Waals surface area contributed by atoms with Crippen LogP contribution in [0.25, 0.3) is 0 Å². The summed E-state index contributed by atoms with van der Waals surface area (Å²) < 4.78 is 0. The van der Waals surface area contributed by atoms with Crippen molar-refractivity contribution in [2.75, 3.05) is 5.73 Å². The van der Waals surface area contributed by atoms with Crippen molar-refractivity contribution in [3.63, 3.8) is 0 Å². The van der Waals surface area contributed by atoms with Gasteiger partial charge in [0.05, 0.1) is 23.3 Å². The van der Waals surface area contributed by atoms with E-state index in [1.165, 1.54) is 11.3 Å². The van der Waals surface area contributed by atoms with Crippen molar-refractivity contribution in [1.82, 2.24) is 10.3 Å². The Hall–Kier alpha value is -1.59. The molecule has 0 radical (unpaired) electrons. The molecule has 0 aliphatic rings. The van der Waals surface area contributed by atoms with Crippen LogP contribution in [0.5, 0.6) is 0 Å². The van der Waals surface area contributed by atoms with Crippen molar-refractivity contribution in [3.8, 4) is 0 Å². The zero-order chi connectivity index (χ0) is 12.3. The molecule has 17 heavy (non-hydrogen) atoms. The van der Waals surface area contributed by atoms with Crippen molar-refractivity contribution in [3.05, 3.63) is 45.4 Å². The molecule has 0 aliphatic carbocycles. The molecule has 1 aromatic carbocycles. The molecule has 2 rings (SSSR count). The van der Waals surface area contributed by atoms with Crippen LogP contribution in [-0.2, 0) is 6.54 Å². The number of hydrogen-bond donors (Lipinski definition) is 2. The minimum absolute atomic E-state index is 0.229. The zero-order valence-electron chi connectivity index (χ0n) is 8.81. The highest BCUT2D eigenvalue weighted by atomic mass is 35.5. The summed E-state index contributed by atoms with van der Waals surface area (Å²) in [5.74, 6) is -0.229. The number of nitrogens with two attached hydrogens (primary N) is 1. The quantitative estimate of drug-likeness (QED) is 0.839. The van der Waals surface area contributed by atoms with Crippen LogP contribution in [0.4, 0.5) is 5.69 Å². The zero-order valence-corrected chi connectivity index (χ0v) is 10.4. The van der Waals surface area contributed by atoms with E-state index in [0.29, 0.717) is 22.8 Å². The second kappa shape index (κ2) is 5.16. The summed E-state index contributed by atoms with van der Waals surface area (Å²) in [5.41, 5.74) is 9.05. The molecule has 2 aromatic rings. The van der Waals surface area contributed by atoms with E-state index in [9.17, 15) is 4.79 Å². The van der Waals surface area contributed by atoms with Gasteiger partial charge >= 0.3 is 0 Å². The maximum absolute atomic E-state index is 11.8. The van der Waals surface area contributed by atoms with Gasteiger partial charge in [0, 0.05) is 16.1 Å². The smallest absolute Gasteiger partial charge is 0.253 e. The van der Waals surface area contributed by atoms with E-state index in [4.69, 9.17) is 17.3 Å². The Morgan fingerprint density at radius 3 is 3.00 bits per heavy atom. The second-order valence-corrected chi connectivity index (χ2v) is 4.55. The molecule has 3 N–H and O–H groups in total. The van der Waals surface area contributed by atoms with Gasteiger partial charge in [0.1, 0.15) is 0 Å². The lowest BCUT2D eigenvalue weighted by molar-refractivity contribution is 0.0951. The summed E-state index contributed by atoms with van der Waals surface area (Å²) in [6.45, 7) is 0.393. The largest absolute Gasteiger partial charge is 0.398 e.